The molecule has 0 fully saturated rings. The number of anilines is 1. The van der Waals surface area contributed by atoms with Crippen molar-refractivity contribution in [1.82, 2.24) is 4.72 Å². The van der Waals surface area contributed by atoms with Crippen LogP contribution in [0.2, 0.25) is 0 Å². The highest BCUT2D eigenvalue weighted by molar-refractivity contribution is 9.10. The van der Waals surface area contributed by atoms with E-state index in [1.807, 2.05) is 0 Å². The van der Waals surface area contributed by atoms with Gasteiger partial charge in [-0.2, -0.15) is 0 Å². The number of rotatable bonds is 5. The van der Waals surface area contributed by atoms with E-state index in [0.29, 0.717) is 22.1 Å². The monoisotopic (exact) mass is 350 g/mol. The minimum absolute atomic E-state index is 0.0440. The maximum atomic E-state index is 12.2. The van der Waals surface area contributed by atoms with Crippen molar-refractivity contribution in [3.05, 3.63) is 22.2 Å². The highest BCUT2D eigenvalue weighted by Crippen LogP contribution is 2.26. The molecular weight excluding hydrogens is 332 g/mol. The van der Waals surface area contributed by atoms with Crippen molar-refractivity contribution in [2.45, 2.75) is 37.7 Å². The van der Waals surface area contributed by atoms with E-state index >= 15 is 0 Å². The van der Waals surface area contributed by atoms with Gasteiger partial charge >= 0.3 is 0 Å². The van der Waals surface area contributed by atoms with Crippen molar-refractivity contribution in [3.8, 4) is 0 Å². The molecule has 1 atom stereocenters. The van der Waals surface area contributed by atoms with Crippen LogP contribution < -0.4 is 10.5 Å². The molecule has 4 N–H and O–H groups in total. The van der Waals surface area contributed by atoms with E-state index in [1.165, 1.54) is 6.07 Å². The summed E-state index contributed by atoms with van der Waals surface area (Å²) in [5.74, 6) is 0. The molecule has 0 saturated carbocycles. The molecule has 0 aromatic heterocycles. The molecular formula is C12H19BrN2O3S. The smallest absolute Gasteiger partial charge is 0.241 e. The second kappa shape index (κ2) is 5.78. The molecule has 0 aliphatic carbocycles. The molecule has 19 heavy (non-hydrogen) atoms. The van der Waals surface area contributed by atoms with Gasteiger partial charge in [0.25, 0.3) is 0 Å². The second-order valence-corrected chi connectivity index (χ2v) is 7.44. The topological polar surface area (TPSA) is 92.4 Å². The fraction of sp³-hybridized carbons (Fsp3) is 0.500. The lowest BCUT2D eigenvalue weighted by molar-refractivity contribution is 0.0613. The predicted molar refractivity (Wildman–Crippen MR) is 79.4 cm³/mol. The minimum Gasteiger partial charge on any atom is -0.398 e. The molecule has 7 heteroatoms. The number of sulfonamides is 1. The zero-order valence-corrected chi connectivity index (χ0v) is 13.6. The third-order valence-electron chi connectivity index (χ3n) is 3.06. The fourth-order valence-electron chi connectivity index (χ4n) is 1.41. The zero-order chi connectivity index (χ0) is 14.8. The van der Waals surface area contributed by atoms with Crippen molar-refractivity contribution >= 4 is 31.6 Å². The maximum absolute atomic E-state index is 12.2. The van der Waals surface area contributed by atoms with Crippen LogP contribution in [0.3, 0.4) is 0 Å². The molecule has 1 rings (SSSR count). The normalized spacial score (nSPS) is 15.2. The predicted octanol–water partition coefficient (Wildman–Crippen LogP) is 1.78. The van der Waals surface area contributed by atoms with Crippen LogP contribution >= 0.6 is 15.9 Å². The molecule has 0 spiro atoms. The van der Waals surface area contributed by atoms with Crippen molar-refractivity contribution in [2.24, 2.45) is 0 Å². The molecule has 5 nitrogen and oxygen atoms in total. The zero-order valence-electron chi connectivity index (χ0n) is 11.2. The van der Waals surface area contributed by atoms with E-state index in [9.17, 15) is 13.5 Å². The summed E-state index contributed by atoms with van der Waals surface area (Å²) in [6.45, 7) is 4.97. The van der Waals surface area contributed by atoms with Crippen LogP contribution in [0.15, 0.2) is 21.5 Å². The first kappa shape index (κ1) is 16.4. The Morgan fingerprint density at radius 1 is 1.47 bits per heavy atom. The average Bonchev–Trinajstić information content (AvgIpc) is 2.31. The number of hydrogen-bond acceptors (Lipinski definition) is 4. The standard InChI is InChI=1S/C12H19BrN2O3S/c1-4-12(3,16)7-15-19(17,18)11-6-9(13)5-10(14)8(11)2/h5-6,15-16H,4,7,14H2,1-3H3. The number of aliphatic hydroxyl groups is 1. The van der Waals surface area contributed by atoms with Crippen LogP contribution in [0.4, 0.5) is 5.69 Å². The van der Waals surface area contributed by atoms with Gasteiger partial charge in [0.2, 0.25) is 10.0 Å². The Hall–Kier alpha value is -0.630. The number of nitrogen functional groups attached to an aromatic ring is 1. The Bertz CT molecular complexity index is 571. The summed E-state index contributed by atoms with van der Waals surface area (Å²) >= 11 is 3.22. The number of nitrogens with one attached hydrogen (secondary N) is 1. The number of nitrogens with two attached hydrogens (primary N) is 1. The van der Waals surface area contributed by atoms with Gasteiger partial charge in [0, 0.05) is 16.7 Å². The number of halogens is 1. The van der Waals surface area contributed by atoms with Crippen LogP contribution in [0.1, 0.15) is 25.8 Å². The summed E-state index contributed by atoms with van der Waals surface area (Å²) in [7, 11) is -3.70. The highest BCUT2D eigenvalue weighted by atomic mass is 79.9. The van der Waals surface area contributed by atoms with Crippen molar-refractivity contribution in [2.75, 3.05) is 12.3 Å². The van der Waals surface area contributed by atoms with Gasteiger partial charge in [0.15, 0.2) is 0 Å². The summed E-state index contributed by atoms with van der Waals surface area (Å²) in [6.07, 6.45) is 0.453. The Morgan fingerprint density at radius 3 is 2.58 bits per heavy atom. The highest BCUT2D eigenvalue weighted by Gasteiger charge is 2.24. The molecule has 0 aliphatic rings. The third-order valence-corrected chi connectivity index (χ3v) is 5.04. The van der Waals surface area contributed by atoms with E-state index in [1.54, 1.807) is 26.8 Å². The van der Waals surface area contributed by atoms with E-state index < -0.39 is 15.6 Å². The van der Waals surface area contributed by atoms with Crippen LogP contribution in [-0.4, -0.2) is 25.7 Å². The Balaban J connectivity index is 3.08. The van der Waals surface area contributed by atoms with Gasteiger partial charge in [0.1, 0.15) is 0 Å². The first-order chi connectivity index (χ1) is 8.59. The Labute approximate surface area is 122 Å². The second-order valence-electron chi connectivity index (χ2n) is 4.79. The lowest BCUT2D eigenvalue weighted by Gasteiger charge is -2.22. The van der Waals surface area contributed by atoms with E-state index in [4.69, 9.17) is 5.73 Å². The maximum Gasteiger partial charge on any atom is 0.241 e. The van der Waals surface area contributed by atoms with Gasteiger partial charge in [0.05, 0.1) is 10.5 Å². The van der Waals surface area contributed by atoms with Crippen molar-refractivity contribution in [1.29, 1.82) is 0 Å². The SMILES string of the molecule is CCC(C)(O)CNS(=O)(=O)c1cc(Br)cc(N)c1C. The summed E-state index contributed by atoms with van der Waals surface area (Å²) in [5, 5.41) is 9.85. The molecule has 0 saturated heterocycles. The molecule has 0 bridgehead atoms. The average molecular weight is 351 g/mol. The van der Waals surface area contributed by atoms with Crippen LogP contribution in [-0.2, 0) is 10.0 Å². The Kier molecular flexibility index (Phi) is 5.00. The van der Waals surface area contributed by atoms with Gasteiger partial charge in [-0.05, 0) is 38.0 Å². The van der Waals surface area contributed by atoms with Gasteiger partial charge in [-0.25, -0.2) is 13.1 Å². The molecule has 0 aliphatic heterocycles. The van der Waals surface area contributed by atoms with E-state index in [-0.39, 0.29) is 11.4 Å². The molecule has 1 aromatic carbocycles. The molecule has 0 amide bonds. The molecule has 108 valence electrons. The summed E-state index contributed by atoms with van der Waals surface area (Å²) in [6, 6.07) is 3.14. The first-order valence-corrected chi connectivity index (χ1v) is 8.14. The van der Waals surface area contributed by atoms with Crippen LogP contribution in [0.25, 0.3) is 0 Å². The molecule has 1 aromatic rings. The Morgan fingerprint density at radius 2 is 2.05 bits per heavy atom. The van der Waals surface area contributed by atoms with Crippen LogP contribution in [0.5, 0.6) is 0 Å². The van der Waals surface area contributed by atoms with E-state index in [0.717, 1.165) is 0 Å². The number of benzene rings is 1. The minimum atomic E-state index is -3.70. The van der Waals surface area contributed by atoms with Gasteiger partial charge in [-0.1, -0.05) is 22.9 Å². The summed E-state index contributed by atoms with van der Waals surface area (Å²) in [5.41, 5.74) is 5.58. The van der Waals surface area contributed by atoms with Gasteiger partial charge in [-0.3, -0.25) is 0 Å². The molecule has 0 heterocycles. The third kappa shape index (κ3) is 4.17. The summed E-state index contributed by atoms with van der Waals surface area (Å²) in [4.78, 5) is 0.117. The van der Waals surface area contributed by atoms with Crippen molar-refractivity contribution in [3.63, 3.8) is 0 Å². The largest absolute Gasteiger partial charge is 0.398 e. The number of hydrogen-bond donors (Lipinski definition) is 3. The fourth-order valence-corrected chi connectivity index (χ4v) is 3.49. The van der Waals surface area contributed by atoms with Crippen molar-refractivity contribution < 1.29 is 13.5 Å². The lowest BCUT2D eigenvalue weighted by Crippen LogP contribution is -2.40. The summed E-state index contributed by atoms with van der Waals surface area (Å²) < 4.78 is 27.4. The lowest BCUT2D eigenvalue weighted by atomic mass is 10.1. The molecule has 0 radical (unpaired) electrons. The molecule has 1 unspecified atom stereocenters. The van der Waals surface area contributed by atoms with Crippen LogP contribution in [0, 0.1) is 6.92 Å². The van der Waals surface area contributed by atoms with E-state index in [2.05, 4.69) is 20.7 Å². The quantitative estimate of drug-likeness (QED) is 0.705. The van der Waals surface area contributed by atoms with Gasteiger partial charge < -0.3 is 10.8 Å². The van der Waals surface area contributed by atoms with Gasteiger partial charge in [-0.15, -0.1) is 0 Å². The first-order valence-electron chi connectivity index (χ1n) is 5.87.